The van der Waals surface area contributed by atoms with E-state index in [1.165, 1.54) is 0 Å². The van der Waals surface area contributed by atoms with E-state index in [1.807, 2.05) is 0 Å². The molecule has 0 atom stereocenters. The van der Waals surface area contributed by atoms with Gasteiger partial charge in [-0.3, -0.25) is 0 Å². The summed E-state index contributed by atoms with van der Waals surface area (Å²) in [5.74, 6) is 0. The number of hydrogen-bond donors (Lipinski definition) is 1. The van der Waals surface area contributed by atoms with Crippen LogP contribution in [0.5, 0.6) is 0 Å². The molecule has 0 aromatic heterocycles. The zero-order valence-corrected chi connectivity index (χ0v) is 4.73. The molecule has 0 heterocycles. The van der Waals surface area contributed by atoms with Crippen LogP contribution in [0.1, 0.15) is 0 Å². The maximum atomic E-state index is 9.00. The molecule has 7 heteroatoms. The zero-order valence-electron chi connectivity index (χ0n) is 2.84. The van der Waals surface area contributed by atoms with Crippen molar-refractivity contribution >= 4 is 7.82 Å². The van der Waals surface area contributed by atoms with Crippen LogP contribution < -0.4 is 9.79 Å². The third-order valence-electron chi connectivity index (χ3n) is 0.100. The van der Waals surface area contributed by atoms with Gasteiger partial charge in [0.2, 0.25) is 0 Å². The van der Waals surface area contributed by atoms with Gasteiger partial charge in [0.15, 0.2) is 0 Å². The molecule has 0 aromatic rings. The van der Waals surface area contributed by atoms with E-state index in [0.717, 1.165) is 0 Å². The van der Waals surface area contributed by atoms with Crippen molar-refractivity contribution in [2.45, 2.75) is 0 Å². The first kappa shape index (κ1) is 10.5. The van der Waals surface area contributed by atoms with Gasteiger partial charge in [-0.15, -0.1) is 0 Å². The van der Waals surface area contributed by atoms with Gasteiger partial charge in [0.1, 0.15) is 0 Å². The second kappa shape index (κ2) is 3.55. The summed E-state index contributed by atoms with van der Waals surface area (Å²) in [7, 11) is -5.09. The largest absolute Gasteiger partial charge is 2.00 e. The molecule has 46 valence electrons. The summed E-state index contributed by atoms with van der Waals surface area (Å²) >= 11 is 0. The Morgan fingerprint density at radius 1 is 1.57 bits per heavy atom. The molecule has 1 N–H and O–H groups in total. The predicted octanol–water partition coefficient (Wildman–Crippen LogP) is -1.70. The van der Waals surface area contributed by atoms with Gasteiger partial charge in [0.05, 0.1) is 7.82 Å². The van der Waals surface area contributed by atoms with E-state index in [2.05, 4.69) is 4.67 Å². The van der Waals surface area contributed by atoms with Gasteiger partial charge in [0.25, 0.3) is 0 Å². The first-order valence-electron chi connectivity index (χ1n) is 0.913. The monoisotopic (exact) mass is 170 g/mol. The minimum absolute atomic E-state index is 0. The van der Waals surface area contributed by atoms with E-state index < -0.39 is 7.82 Å². The van der Waals surface area contributed by atoms with E-state index in [0.29, 0.717) is 0 Å². The van der Waals surface area contributed by atoms with Crippen molar-refractivity contribution < 1.29 is 40.8 Å². The Labute approximate surface area is 49.4 Å². The Morgan fingerprint density at radius 3 is 1.71 bits per heavy atom. The van der Waals surface area contributed by atoms with E-state index in [1.54, 1.807) is 0 Å². The van der Waals surface area contributed by atoms with Crippen LogP contribution in [0.4, 0.5) is 0 Å². The molecule has 0 aromatic carbocycles. The molecule has 5 nitrogen and oxygen atoms in total. The third kappa shape index (κ3) is 10.8. The normalized spacial score (nSPS) is 10.1. The maximum Gasteiger partial charge on any atom is 2.00 e. The van der Waals surface area contributed by atoms with Gasteiger partial charge in [-0.25, -0.2) is 9.93 Å². The van der Waals surface area contributed by atoms with E-state index >= 15 is 0 Å². The summed E-state index contributed by atoms with van der Waals surface area (Å²) in [6, 6.07) is 0. The first-order valence-corrected chi connectivity index (χ1v) is 2.37. The van der Waals surface area contributed by atoms with Crippen molar-refractivity contribution in [2.24, 2.45) is 0 Å². The van der Waals surface area contributed by atoms with Gasteiger partial charge in [-0.05, 0) is 0 Å². The van der Waals surface area contributed by atoms with Gasteiger partial charge in [-0.2, -0.15) is 0 Å². The standard InChI is InChI=1S/Ni.H3O5P/c;1-5-6(2,3)4/h;1H,(H2,2,3,4)/q+2;/p-2. The van der Waals surface area contributed by atoms with Crippen molar-refractivity contribution in [3.8, 4) is 0 Å². The molecule has 0 saturated heterocycles. The van der Waals surface area contributed by atoms with Crippen LogP contribution in [0, 0.1) is 0 Å². The third-order valence-corrected chi connectivity index (χ3v) is 0.300. The molecule has 0 aliphatic heterocycles. The molecule has 0 radical (unpaired) electrons. The van der Waals surface area contributed by atoms with Gasteiger partial charge >= 0.3 is 16.5 Å². The topological polar surface area (TPSA) is 92.7 Å². The molecule has 7 heavy (non-hydrogen) atoms. The molecule has 0 fully saturated rings. The van der Waals surface area contributed by atoms with Crippen molar-refractivity contribution in [3.63, 3.8) is 0 Å². The number of phosphoric acid groups is 1. The molecule has 0 unspecified atom stereocenters. The molecule has 0 rings (SSSR count). The van der Waals surface area contributed by atoms with Gasteiger partial charge in [-0.1, -0.05) is 0 Å². The second-order valence-electron chi connectivity index (χ2n) is 0.529. The summed E-state index contributed by atoms with van der Waals surface area (Å²) in [5.41, 5.74) is 0. The van der Waals surface area contributed by atoms with Crippen LogP contribution in [-0.2, 0) is 25.7 Å². The SMILES string of the molecule is O=P([O-])([O-])OO.[Ni+2]. The minimum Gasteiger partial charge on any atom is -0.788 e. The van der Waals surface area contributed by atoms with Crippen LogP contribution in [0.15, 0.2) is 0 Å². The Balaban J connectivity index is 0. The van der Waals surface area contributed by atoms with Crippen LogP contribution in [0.2, 0.25) is 0 Å². The number of rotatable bonds is 1. The predicted molar refractivity (Wildman–Crippen MR) is 11.3 cm³/mol. The Hall–Kier alpha value is 0.564. The summed E-state index contributed by atoms with van der Waals surface area (Å²) in [6.07, 6.45) is 0. The Kier molecular flexibility index (Phi) is 5.34. The fourth-order valence-corrected chi connectivity index (χ4v) is 0. The smallest absolute Gasteiger partial charge is 0.788 e. The van der Waals surface area contributed by atoms with Crippen LogP contribution >= 0.6 is 7.82 Å². The fraction of sp³-hybridized carbons (Fsp3) is 0. The summed E-state index contributed by atoms with van der Waals surface area (Å²) in [5, 5.41) is 7.01. The molecule has 0 amide bonds. The quantitative estimate of drug-likeness (QED) is 0.219. The molecule has 0 aliphatic rings. The molecule has 0 aliphatic carbocycles. The number of hydrogen-bond acceptors (Lipinski definition) is 5. The van der Waals surface area contributed by atoms with Crippen LogP contribution in [0.3, 0.4) is 0 Å². The van der Waals surface area contributed by atoms with E-state index in [-0.39, 0.29) is 16.5 Å². The second-order valence-corrected chi connectivity index (χ2v) is 1.59. The molecular formula is HNiO5P. The van der Waals surface area contributed by atoms with Crippen molar-refractivity contribution in [1.82, 2.24) is 0 Å². The average Bonchev–Trinajstić information content (AvgIpc) is 1.35. The van der Waals surface area contributed by atoms with Crippen molar-refractivity contribution in [2.75, 3.05) is 0 Å². The maximum absolute atomic E-state index is 9.00. The summed E-state index contributed by atoms with van der Waals surface area (Å²) in [6.45, 7) is 0. The van der Waals surface area contributed by atoms with Gasteiger partial charge < -0.3 is 14.4 Å². The fourth-order valence-electron chi connectivity index (χ4n) is 0. The van der Waals surface area contributed by atoms with Crippen molar-refractivity contribution in [1.29, 1.82) is 0 Å². The molecule has 0 spiro atoms. The van der Waals surface area contributed by atoms with Crippen LogP contribution in [0.25, 0.3) is 0 Å². The molecular weight excluding hydrogens is 170 g/mol. The first-order chi connectivity index (χ1) is 2.56. The van der Waals surface area contributed by atoms with Crippen LogP contribution in [-0.4, -0.2) is 5.26 Å². The minimum atomic E-state index is -5.09. The van der Waals surface area contributed by atoms with Crippen molar-refractivity contribution in [3.05, 3.63) is 0 Å². The molecule has 0 saturated carbocycles. The van der Waals surface area contributed by atoms with Gasteiger partial charge in [0, 0.05) is 0 Å². The Morgan fingerprint density at radius 2 is 1.71 bits per heavy atom. The summed E-state index contributed by atoms with van der Waals surface area (Å²) < 4.78 is 11.4. The summed E-state index contributed by atoms with van der Waals surface area (Å²) in [4.78, 5) is 18.0. The molecule has 0 bridgehead atoms. The average molecular weight is 171 g/mol. The van der Waals surface area contributed by atoms with E-state index in [4.69, 9.17) is 19.6 Å². The Bertz CT molecular complexity index is 72.1. The van der Waals surface area contributed by atoms with E-state index in [9.17, 15) is 0 Å². The zero-order chi connectivity index (χ0) is 5.21.